The van der Waals surface area contributed by atoms with Gasteiger partial charge < -0.3 is 14.4 Å². The van der Waals surface area contributed by atoms with Crippen LogP contribution in [0.15, 0.2) is 35.7 Å². The lowest BCUT2D eigenvalue weighted by Gasteiger charge is -2.23. The number of hydrogen-bond acceptors (Lipinski definition) is 6. The monoisotopic (exact) mass is 362 g/mol. The number of benzene rings is 1. The molecule has 0 aliphatic carbocycles. The zero-order valence-electron chi connectivity index (χ0n) is 13.7. The molecule has 1 fully saturated rings. The molecule has 1 aliphatic heterocycles. The highest BCUT2D eigenvalue weighted by Gasteiger charge is 2.31. The minimum Gasteiger partial charge on any atom is -0.496 e. The van der Waals surface area contributed by atoms with Gasteiger partial charge in [-0.25, -0.2) is 0 Å². The number of nitro benzene ring substituents is 1. The molecule has 2 heterocycles. The average molecular weight is 362 g/mol. The molecule has 3 rings (SSSR count). The Bertz CT molecular complexity index is 762. The highest BCUT2D eigenvalue weighted by Crippen LogP contribution is 2.35. The summed E-state index contributed by atoms with van der Waals surface area (Å²) in [6, 6.07) is 8.36. The largest absolute Gasteiger partial charge is 0.496 e. The topological polar surface area (TPSA) is 81.9 Å². The van der Waals surface area contributed by atoms with Crippen molar-refractivity contribution in [2.75, 3.05) is 20.3 Å². The Kier molecular flexibility index (Phi) is 5.18. The maximum atomic E-state index is 12.5. The number of nitro groups is 1. The van der Waals surface area contributed by atoms with Crippen LogP contribution in [-0.2, 0) is 4.79 Å². The molecule has 1 aromatic heterocycles. The summed E-state index contributed by atoms with van der Waals surface area (Å²) in [5, 5.41) is 13.2. The normalized spacial score (nSPS) is 16.7. The highest BCUT2D eigenvalue weighted by atomic mass is 32.1. The van der Waals surface area contributed by atoms with Gasteiger partial charge in [0, 0.05) is 11.4 Å². The van der Waals surface area contributed by atoms with Crippen LogP contribution in [0.3, 0.4) is 0 Å². The summed E-state index contributed by atoms with van der Waals surface area (Å²) in [5.41, 5.74) is -0.219. The summed E-state index contributed by atoms with van der Waals surface area (Å²) in [6.45, 7) is 0.449. The lowest BCUT2D eigenvalue weighted by molar-refractivity contribution is -0.385. The summed E-state index contributed by atoms with van der Waals surface area (Å²) < 4.78 is 10.4. The molecule has 2 aromatic rings. The van der Waals surface area contributed by atoms with Crippen LogP contribution in [0.1, 0.15) is 23.8 Å². The number of rotatable bonds is 6. The number of methoxy groups -OCH3 is 1. The van der Waals surface area contributed by atoms with Gasteiger partial charge in [-0.05, 0) is 36.4 Å². The number of carbonyl (C=O) groups excluding carboxylic acids is 1. The van der Waals surface area contributed by atoms with E-state index in [1.165, 1.54) is 19.2 Å². The molecule has 8 heteroatoms. The van der Waals surface area contributed by atoms with Crippen molar-refractivity contribution in [3.8, 4) is 11.5 Å². The van der Waals surface area contributed by atoms with Gasteiger partial charge in [-0.15, -0.1) is 11.3 Å². The quantitative estimate of drug-likeness (QED) is 0.581. The second-order valence-corrected chi connectivity index (χ2v) is 6.62. The van der Waals surface area contributed by atoms with E-state index in [1.807, 2.05) is 17.5 Å². The van der Waals surface area contributed by atoms with Crippen LogP contribution in [0.4, 0.5) is 5.69 Å². The van der Waals surface area contributed by atoms with E-state index in [0.29, 0.717) is 12.3 Å². The second-order valence-electron chi connectivity index (χ2n) is 5.64. The molecule has 1 saturated heterocycles. The van der Waals surface area contributed by atoms with Crippen molar-refractivity contribution in [1.82, 2.24) is 4.90 Å². The number of thiophene rings is 1. The Morgan fingerprint density at radius 2 is 2.28 bits per heavy atom. The van der Waals surface area contributed by atoms with E-state index in [2.05, 4.69) is 0 Å². The van der Waals surface area contributed by atoms with Crippen molar-refractivity contribution in [2.45, 2.75) is 18.9 Å². The van der Waals surface area contributed by atoms with Gasteiger partial charge in [0.15, 0.2) is 12.4 Å². The predicted molar refractivity (Wildman–Crippen MR) is 93.2 cm³/mol. The van der Waals surface area contributed by atoms with E-state index < -0.39 is 4.92 Å². The van der Waals surface area contributed by atoms with Gasteiger partial charge in [0.25, 0.3) is 5.91 Å². The molecule has 1 amide bonds. The smallest absolute Gasteiger partial charge is 0.314 e. The van der Waals surface area contributed by atoms with Crippen molar-refractivity contribution in [1.29, 1.82) is 0 Å². The Labute approximate surface area is 148 Å². The highest BCUT2D eigenvalue weighted by molar-refractivity contribution is 7.10. The first kappa shape index (κ1) is 17.2. The fraction of sp³-hybridized carbons (Fsp3) is 0.353. The maximum absolute atomic E-state index is 12.5. The summed E-state index contributed by atoms with van der Waals surface area (Å²) >= 11 is 1.63. The Hall–Kier alpha value is -2.61. The molecule has 1 aliphatic rings. The Morgan fingerprint density at radius 3 is 2.96 bits per heavy atom. The SMILES string of the molecule is COc1ccc(OCC(=O)N2CCCC2c2cccs2)c([N+](=O)[O-])c1. The number of likely N-dealkylation sites (tertiary alicyclic amines) is 1. The summed E-state index contributed by atoms with van der Waals surface area (Å²) in [6.07, 6.45) is 1.87. The molecule has 132 valence electrons. The molecule has 0 saturated carbocycles. The van der Waals surface area contributed by atoms with E-state index in [0.717, 1.165) is 17.7 Å². The van der Waals surface area contributed by atoms with Crippen molar-refractivity contribution in [2.24, 2.45) is 0 Å². The molecule has 1 unspecified atom stereocenters. The first-order chi connectivity index (χ1) is 12.1. The van der Waals surface area contributed by atoms with Gasteiger partial charge in [-0.1, -0.05) is 6.07 Å². The first-order valence-electron chi connectivity index (χ1n) is 7.88. The fourth-order valence-corrected chi connectivity index (χ4v) is 3.83. The average Bonchev–Trinajstić information content (AvgIpc) is 3.30. The van der Waals surface area contributed by atoms with Crippen molar-refractivity contribution in [3.63, 3.8) is 0 Å². The Morgan fingerprint density at radius 1 is 1.44 bits per heavy atom. The third kappa shape index (κ3) is 3.74. The molecular weight excluding hydrogens is 344 g/mol. The van der Waals surface area contributed by atoms with Crippen LogP contribution in [0.5, 0.6) is 11.5 Å². The van der Waals surface area contributed by atoms with Gasteiger partial charge in [0.1, 0.15) is 5.75 Å². The number of ether oxygens (including phenoxy) is 2. The second kappa shape index (κ2) is 7.52. The summed E-state index contributed by atoms with van der Waals surface area (Å²) in [7, 11) is 1.43. The minimum atomic E-state index is -0.549. The predicted octanol–water partition coefficient (Wildman–Crippen LogP) is 3.41. The molecule has 7 nitrogen and oxygen atoms in total. The van der Waals surface area contributed by atoms with E-state index in [9.17, 15) is 14.9 Å². The molecule has 0 bridgehead atoms. The van der Waals surface area contributed by atoms with Gasteiger partial charge in [0.05, 0.1) is 24.1 Å². The number of nitrogens with zero attached hydrogens (tertiary/aromatic N) is 2. The van der Waals surface area contributed by atoms with Crippen LogP contribution >= 0.6 is 11.3 Å². The van der Waals surface area contributed by atoms with E-state index >= 15 is 0 Å². The number of carbonyl (C=O) groups is 1. The Balaban J connectivity index is 1.69. The molecular formula is C17H18N2O5S. The summed E-state index contributed by atoms with van der Waals surface area (Å²) in [4.78, 5) is 26.1. The van der Waals surface area contributed by atoms with Crippen molar-refractivity contribution < 1.29 is 19.2 Å². The van der Waals surface area contributed by atoms with E-state index in [-0.39, 0.29) is 30.0 Å². The van der Waals surface area contributed by atoms with Crippen LogP contribution in [0, 0.1) is 10.1 Å². The third-order valence-corrected chi connectivity index (χ3v) is 5.13. The zero-order chi connectivity index (χ0) is 17.8. The zero-order valence-corrected chi connectivity index (χ0v) is 14.5. The van der Waals surface area contributed by atoms with Crippen molar-refractivity contribution in [3.05, 3.63) is 50.7 Å². The summed E-state index contributed by atoms with van der Waals surface area (Å²) in [5.74, 6) is 0.259. The molecule has 0 N–H and O–H groups in total. The number of hydrogen-bond donors (Lipinski definition) is 0. The van der Waals surface area contributed by atoms with Gasteiger partial charge in [-0.3, -0.25) is 14.9 Å². The third-order valence-electron chi connectivity index (χ3n) is 4.16. The molecule has 25 heavy (non-hydrogen) atoms. The maximum Gasteiger partial charge on any atom is 0.314 e. The van der Waals surface area contributed by atoms with Crippen molar-refractivity contribution >= 4 is 22.9 Å². The van der Waals surface area contributed by atoms with Gasteiger partial charge in [-0.2, -0.15) is 0 Å². The molecule has 1 aromatic carbocycles. The number of amides is 1. The van der Waals surface area contributed by atoms with E-state index in [4.69, 9.17) is 9.47 Å². The van der Waals surface area contributed by atoms with Crippen LogP contribution in [0.25, 0.3) is 0 Å². The van der Waals surface area contributed by atoms with Crippen LogP contribution < -0.4 is 9.47 Å². The molecule has 0 spiro atoms. The van der Waals surface area contributed by atoms with E-state index in [1.54, 1.807) is 22.3 Å². The standard InChI is InChI=1S/C17H18N2O5S/c1-23-12-6-7-15(14(10-12)19(21)22)24-11-17(20)18-8-2-4-13(18)16-5-3-9-25-16/h3,5-7,9-10,13H,2,4,8,11H2,1H3. The van der Waals surface area contributed by atoms with Crippen LogP contribution in [-0.4, -0.2) is 36.0 Å². The van der Waals surface area contributed by atoms with Crippen LogP contribution in [0.2, 0.25) is 0 Å². The lowest BCUT2D eigenvalue weighted by Crippen LogP contribution is -2.34. The minimum absolute atomic E-state index is 0.0611. The molecule has 1 atom stereocenters. The molecule has 0 radical (unpaired) electrons. The van der Waals surface area contributed by atoms with Gasteiger partial charge >= 0.3 is 5.69 Å². The fourth-order valence-electron chi connectivity index (χ4n) is 2.95. The van der Waals surface area contributed by atoms with Gasteiger partial charge in [0.2, 0.25) is 0 Å². The first-order valence-corrected chi connectivity index (χ1v) is 8.76. The lowest BCUT2D eigenvalue weighted by atomic mass is 10.2.